The number of nitrogens with zero attached hydrogens (tertiary/aromatic N) is 3. The van der Waals surface area contributed by atoms with Gasteiger partial charge in [0.2, 0.25) is 0 Å². The SMILES string of the molecule is CCCC(c1nc2cc(F)c(Br)cc2c(=O)n1CC)N1CCNC[C@@H](C)C1. The molecule has 3 rings (SSSR count). The van der Waals surface area contributed by atoms with E-state index in [0.717, 1.165) is 44.8 Å². The molecule has 2 aromatic rings. The van der Waals surface area contributed by atoms with E-state index in [9.17, 15) is 9.18 Å². The fourth-order valence-corrected chi connectivity index (χ4v) is 4.30. The highest BCUT2D eigenvalue weighted by molar-refractivity contribution is 9.10. The molecule has 1 unspecified atom stereocenters. The maximum Gasteiger partial charge on any atom is 0.261 e. The summed E-state index contributed by atoms with van der Waals surface area (Å²) in [5.41, 5.74) is 0.336. The van der Waals surface area contributed by atoms with Gasteiger partial charge in [-0.15, -0.1) is 0 Å². The molecule has 7 heteroatoms. The molecule has 1 aromatic carbocycles. The summed E-state index contributed by atoms with van der Waals surface area (Å²) < 4.78 is 16.1. The topological polar surface area (TPSA) is 50.2 Å². The number of nitrogens with one attached hydrogen (secondary N) is 1. The van der Waals surface area contributed by atoms with Gasteiger partial charge in [-0.05, 0) is 47.8 Å². The first-order valence-electron chi connectivity index (χ1n) is 9.80. The molecule has 1 fully saturated rings. The Hall–Kier alpha value is -1.31. The van der Waals surface area contributed by atoms with Crippen molar-refractivity contribution in [3.8, 4) is 0 Å². The quantitative estimate of drug-likeness (QED) is 0.772. The van der Waals surface area contributed by atoms with Crippen molar-refractivity contribution >= 4 is 26.8 Å². The van der Waals surface area contributed by atoms with Crippen molar-refractivity contribution in [2.45, 2.75) is 46.2 Å². The maximum absolute atomic E-state index is 14.1. The zero-order valence-electron chi connectivity index (χ0n) is 16.3. The van der Waals surface area contributed by atoms with E-state index in [1.807, 2.05) is 6.92 Å². The molecule has 2 atom stereocenters. The van der Waals surface area contributed by atoms with Crippen molar-refractivity contribution < 1.29 is 4.39 Å². The smallest absolute Gasteiger partial charge is 0.261 e. The number of aromatic nitrogens is 2. The first kappa shape index (κ1) is 20.4. The lowest BCUT2D eigenvalue weighted by Gasteiger charge is -2.32. The lowest BCUT2D eigenvalue weighted by molar-refractivity contribution is 0.169. The lowest BCUT2D eigenvalue weighted by atomic mass is 10.1. The van der Waals surface area contributed by atoms with E-state index in [1.54, 1.807) is 10.6 Å². The molecule has 148 valence electrons. The van der Waals surface area contributed by atoms with E-state index in [4.69, 9.17) is 4.98 Å². The number of hydrogen-bond acceptors (Lipinski definition) is 4. The van der Waals surface area contributed by atoms with E-state index < -0.39 is 5.82 Å². The van der Waals surface area contributed by atoms with Crippen LogP contribution in [0.5, 0.6) is 0 Å². The summed E-state index contributed by atoms with van der Waals surface area (Å²) in [5.74, 6) is 0.893. The van der Waals surface area contributed by atoms with Gasteiger partial charge < -0.3 is 5.32 Å². The summed E-state index contributed by atoms with van der Waals surface area (Å²) in [5, 5.41) is 3.93. The first-order chi connectivity index (χ1) is 13.0. The molecule has 0 amide bonds. The molecule has 0 saturated carbocycles. The molecule has 0 spiro atoms. The third kappa shape index (κ3) is 4.25. The van der Waals surface area contributed by atoms with E-state index in [2.05, 4.69) is 40.0 Å². The number of rotatable bonds is 5. The summed E-state index contributed by atoms with van der Waals surface area (Å²) in [7, 11) is 0. The van der Waals surface area contributed by atoms with Gasteiger partial charge in [-0.25, -0.2) is 9.37 Å². The Balaban J connectivity index is 2.16. The number of hydrogen-bond donors (Lipinski definition) is 1. The van der Waals surface area contributed by atoms with E-state index in [-0.39, 0.29) is 11.6 Å². The van der Waals surface area contributed by atoms with Crippen molar-refractivity contribution in [1.82, 2.24) is 19.8 Å². The maximum atomic E-state index is 14.1. The summed E-state index contributed by atoms with van der Waals surface area (Å²) in [6, 6.07) is 2.96. The van der Waals surface area contributed by atoms with Crippen LogP contribution in [0.3, 0.4) is 0 Å². The molecular weight excluding hydrogens is 411 g/mol. The van der Waals surface area contributed by atoms with Crippen LogP contribution in [0.4, 0.5) is 4.39 Å². The minimum Gasteiger partial charge on any atom is -0.315 e. The summed E-state index contributed by atoms with van der Waals surface area (Å²) in [6.07, 6.45) is 1.92. The molecule has 0 radical (unpaired) electrons. The lowest BCUT2D eigenvalue weighted by Crippen LogP contribution is -2.38. The molecule has 1 aliphatic heterocycles. The van der Waals surface area contributed by atoms with Gasteiger partial charge in [0.05, 0.1) is 21.4 Å². The fourth-order valence-electron chi connectivity index (χ4n) is 3.95. The molecule has 0 bridgehead atoms. The second-order valence-electron chi connectivity index (χ2n) is 7.41. The van der Waals surface area contributed by atoms with Gasteiger partial charge in [-0.2, -0.15) is 0 Å². The van der Waals surface area contributed by atoms with Crippen LogP contribution >= 0.6 is 15.9 Å². The molecule has 1 aliphatic rings. The largest absolute Gasteiger partial charge is 0.315 e. The van der Waals surface area contributed by atoms with Crippen LogP contribution in [0.15, 0.2) is 21.4 Å². The van der Waals surface area contributed by atoms with Gasteiger partial charge in [-0.3, -0.25) is 14.3 Å². The van der Waals surface area contributed by atoms with Crippen LogP contribution in [-0.4, -0.2) is 40.6 Å². The monoisotopic (exact) mass is 438 g/mol. The van der Waals surface area contributed by atoms with Gasteiger partial charge in [0.15, 0.2) is 0 Å². The van der Waals surface area contributed by atoms with Crippen molar-refractivity contribution in [2.24, 2.45) is 5.92 Å². The molecule has 2 heterocycles. The first-order valence-corrected chi connectivity index (χ1v) is 10.6. The predicted molar refractivity (Wildman–Crippen MR) is 111 cm³/mol. The van der Waals surface area contributed by atoms with E-state index >= 15 is 0 Å². The van der Waals surface area contributed by atoms with Gasteiger partial charge in [0, 0.05) is 32.2 Å². The van der Waals surface area contributed by atoms with Crippen LogP contribution in [0.1, 0.15) is 45.5 Å². The molecule has 27 heavy (non-hydrogen) atoms. The second-order valence-corrected chi connectivity index (χ2v) is 8.27. The van der Waals surface area contributed by atoms with Gasteiger partial charge in [0.1, 0.15) is 11.6 Å². The predicted octanol–water partition coefficient (Wildman–Crippen LogP) is 3.70. The molecule has 1 aromatic heterocycles. The van der Waals surface area contributed by atoms with Crippen LogP contribution < -0.4 is 10.9 Å². The van der Waals surface area contributed by atoms with Crippen LogP contribution in [0.25, 0.3) is 10.9 Å². The molecule has 5 nitrogen and oxygen atoms in total. The third-order valence-corrected chi connectivity index (χ3v) is 5.87. The highest BCUT2D eigenvalue weighted by atomic mass is 79.9. The average molecular weight is 439 g/mol. The Morgan fingerprint density at radius 3 is 2.89 bits per heavy atom. The minimum absolute atomic E-state index is 0.0566. The molecule has 1 saturated heterocycles. The van der Waals surface area contributed by atoms with Crippen molar-refractivity contribution in [3.63, 3.8) is 0 Å². The number of benzene rings is 1. The van der Waals surface area contributed by atoms with E-state index in [0.29, 0.717) is 27.8 Å². The van der Waals surface area contributed by atoms with Crippen LogP contribution in [-0.2, 0) is 6.54 Å². The van der Waals surface area contributed by atoms with Crippen molar-refractivity contribution in [1.29, 1.82) is 0 Å². The molecular formula is C20H28BrFN4O. The zero-order chi connectivity index (χ0) is 19.6. The molecule has 1 N–H and O–H groups in total. The zero-order valence-corrected chi connectivity index (χ0v) is 17.9. The Kier molecular flexibility index (Phi) is 6.65. The summed E-state index contributed by atoms with van der Waals surface area (Å²) in [6.45, 7) is 10.7. The normalized spacial score (nSPS) is 20.0. The van der Waals surface area contributed by atoms with Crippen molar-refractivity contribution in [2.75, 3.05) is 26.2 Å². The highest BCUT2D eigenvalue weighted by Gasteiger charge is 2.27. The van der Waals surface area contributed by atoms with Crippen LogP contribution in [0.2, 0.25) is 0 Å². The Morgan fingerprint density at radius 1 is 1.41 bits per heavy atom. The van der Waals surface area contributed by atoms with Gasteiger partial charge in [0.25, 0.3) is 5.56 Å². The molecule has 0 aliphatic carbocycles. The van der Waals surface area contributed by atoms with Crippen LogP contribution in [0, 0.1) is 11.7 Å². The standard InChI is InChI=1S/C20H28BrFN4O/c1-4-6-18(25-8-7-23-11-13(3)12-25)19-24-17-10-16(22)15(21)9-14(17)20(27)26(19)5-2/h9-10,13,18,23H,4-8,11-12H2,1-3H3/t13-,18?/m1/s1. The summed E-state index contributed by atoms with van der Waals surface area (Å²) in [4.78, 5) is 20.3. The fraction of sp³-hybridized carbons (Fsp3) is 0.600. The summed E-state index contributed by atoms with van der Waals surface area (Å²) >= 11 is 3.18. The van der Waals surface area contributed by atoms with Gasteiger partial charge >= 0.3 is 0 Å². The van der Waals surface area contributed by atoms with Gasteiger partial charge in [-0.1, -0.05) is 20.3 Å². The highest BCUT2D eigenvalue weighted by Crippen LogP contribution is 2.28. The second kappa shape index (κ2) is 8.80. The van der Waals surface area contributed by atoms with E-state index in [1.165, 1.54) is 6.07 Å². The Bertz CT molecular complexity index is 869. The van der Waals surface area contributed by atoms with Crippen molar-refractivity contribution in [3.05, 3.63) is 38.6 Å². The Morgan fingerprint density at radius 2 is 2.19 bits per heavy atom. The minimum atomic E-state index is -0.394. The third-order valence-electron chi connectivity index (χ3n) is 5.26. The Labute approximate surface area is 168 Å². The number of halogens is 2. The average Bonchev–Trinajstić information content (AvgIpc) is 2.85. The number of fused-ring (bicyclic) bond motifs is 1.